The third-order valence-electron chi connectivity index (χ3n) is 3.73. The molecule has 19 heavy (non-hydrogen) atoms. The predicted octanol–water partition coefficient (Wildman–Crippen LogP) is 1.63. The van der Waals surface area contributed by atoms with Crippen LogP contribution in [-0.4, -0.2) is 38.1 Å². The Kier molecular flexibility index (Phi) is 2.80. The molecule has 0 aliphatic carbocycles. The Hall–Kier alpha value is -1.85. The molecule has 0 bridgehead atoms. The van der Waals surface area contributed by atoms with E-state index in [0.717, 1.165) is 16.6 Å². The van der Waals surface area contributed by atoms with Crippen LogP contribution in [0.4, 0.5) is 11.4 Å². The van der Waals surface area contributed by atoms with Crippen molar-refractivity contribution in [1.82, 2.24) is 4.98 Å². The van der Waals surface area contributed by atoms with Crippen LogP contribution < -0.4 is 10.6 Å². The van der Waals surface area contributed by atoms with Gasteiger partial charge in [0.1, 0.15) is 0 Å². The summed E-state index contributed by atoms with van der Waals surface area (Å²) in [5.74, 6) is -0.490. The van der Waals surface area contributed by atoms with Gasteiger partial charge < -0.3 is 20.1 Å². The predicted molar refractivity (Wildman–Crippen MR) is 75.1 cm³/mol. The van der Waals surface area contributed by atoms with Crippen molar-refractivity contribution in [3.8, 4) is 0 Å². The zero-order valence-corrected chi connectivity index (χ0v) is 11.1. The quantitative estimate of drug-likeness (QED) is 0.670. The normalized spacial score (nSPS) is 17.5. The van der Waals surface area contributed by atoms with Crippen LogP contribution >= 0.6 is 0 Å². The van der Waals surface area contributed by atoms with E-state index in [1.165, 1.54) is 0 Å². The third-order valence-corrected chi connectivity index (χ3v) is 3.73. The minimum absolute atomic E-state index is 0.490. The molecule has 2 heterocycles. The lowest BCUT2D eigenvalue weighted by Crippen LogP contribution is -2.64. The maximum atomic E-state index is 5.96. The van der Waals surface area contributed by atoms with Gasteiger partial charge in [0, 0.05) is 31.5 Å². The van der Waals surface area contributed by atoms with Gasteiger partial charge in [-0.3, -0.25) is 4.98 Å². The molecule has 5 heteroatoms. The summed E-state index contributed by atoms with van der Waals surface area (Å²) in [6.45, 7) is 1.40. The highest BCUT2D eigenvalue weighted by atomic mass is 16.7. The van der Waals surface area contributed by atoms with Crippen LogP contribution in [0.3, 0.4) is 0 Å². The van der Waals surface area contributed by atoms with Crippen molar-refractivity contribution in [2.24, 2.45) is 0 Å². The van der Waals surface area contributed by atoms with E-state index in [1.54, 1.807) is 20.4 Å². The second-order valence-corrected chi connectivity index (χ2v) is 4.75. The molecule has 0 saturated carbocycles. The van der Waals surface area contributed by atoms with Crippen LogP contribution in [0.15, 0.2) is 30.5 Å². The van der Waals surface area contributed by atoms with Gasteiger partial charge in [-0.2, -0.15) is 0 Å². The Labute approximate surface area is 111 Å². The number of pyridine rings is 1. The largest absolute Gasteiger partial charge is 0.397 e. The monoisotopic (exact) mass is 259 g/mol. The van der Waals surface area contributed by atoms with Crippen molar-refractivity contribution in [3.63, 3.8) is 0 Å². The number of nitrogens with two attached hydrogens (primary N) is 1. The van der Waals surface area contributed by atoms with E-state index in [9.17, 15) is 0 Å². The molecule has 1 aliphatic rings. The molecule has 1 aromatic heterocycles. The lowest BCUT2D eigenvalue weighted by molar-refractivity contribution is -0.219. The summed E-state index contributed by atoms with van der Waals surface area (Å²) in [6, 6.07) is 7.87. The van der Waals surface area contributed by atoms with Gasteiger partial charge in [-0.05, 0) is 24.3 Å². The maximum Gasteiger partial charge on any atom is 0.203 e. The smallest absolute Gasteiger partial charge is 0.203 e. The van der Waals surface area contributed by atoms with E-state index in [-0.39, 0.29) is 0 Å². The molecule has 0 atom stereocenters. The molecule has 0 unspecified atom stereocenters. The number of hydrogen-bond acceptors (Lipinski definition) is 5. The zero-order chi connectivity index (χ0) is 13.5. The highest BCUT2D eigenvalue weighted by Crippen LogP contribution is 2.36. The molecule has 0 spiro atoms. The minimum atomic E-state index is -0.490. The van der Waals surface area contributed by atoms with E-state index in [1.807, 2.05) is 24.3 Å². The number of hydrogen-bond donors (Lipinski definition) is 1. The van der Waals surface area contributed by atoms with Crippen LogP contribution in [0.5, 0.6) is 0 Å². The van der Waals surface area contributed by atoms with Gasteiger partial charge in [-0.25, -0.2) is 0 Å². The molecule has 1 fully saturated rings. The summed E-state index contributed by atoms with van der Waals surface area (Å²) < 4.78 is 10.8. The van der Waals surface area contributed by atoms with E-state index < -0.39 is 5.79 Å². The summed E-state index contributed by atoms with van der Waals surface area (Å²) in [6.07, 6.45) is 1.76. The maximum absolute atomic E-state index is 5.96. The van der Waals surface area contributed by atoms with Crippen LogP contribution in [0.1, 0.15) is 0 Å². The van der Waals surface area contributed by atoms with Gasteiger partial charge in [-0.15, -0.1) is 0 Å². The van der Waals surface area contributed by atoms with Gasteiger partial charge in [0.25, 0.3) is 0 Å². The molecule has 1 aromatic carbocycles. The summed E-state index contributed by atoms with van der Waals surface area (Å²) in [4.78, 5) is 6.55. The standard InChI is InChI=1S/C14H17N3O2/c1-18-14(19-2)8-17(9-14)12-6-5-11(15)13-10(12)4-3-7-16-13/h3-7H,8-9,15H2,1-2H3. The molecule has 1 aliphatic heterocycles. The number of ether oxygens (including phenoxy) is 2. The Morgan fingerprint density at radius 3 is 2.63 bits per heavy atom. The van der Waals surface area contributed by atoms with Gasteiger partial charge in [0.15, 0.2) is 0 Å². The number of anilines is 2. The highest BCUT2D eigenvalue weighted by Gasteiger charge is 2.44. The Morgan fingerprint density at radius 1 is 1.21 bits per heavy atom. The molecule has 0 amide bonds. The number of fused-ring (bicyclic) bond motifs is 1. The van der Waals surface area contributed by atoms with Crippen molar-refractivity contribution >= 4 is 22.3 Å². The molecule has 1 saturated heterocycles. The number of nitrogens with zero attached hydrogens (tertiary/aromatic N) is 2. The minimum Gasteiger partial charge on any atom is -0.397 e. The SMILES string of the molecule is COC1(OC)CN(c2ccc(N)c3ncccc23)C1. The number of benzene rings is 1. The number of rotatable bonds is 3. The van der Waals surface area contributed by atoms with Crippen LogP contribution in [0.25, 0.3) is 10.9 Å². The van der Waals surface area contributed by atoms with Crippen molar-refractivity contribution in [2.75, 3.05) is 37.9 Å². The van der Waals surface area contributed by atoms with Crippen molar-refractivity contribution in [3.05, 3.63) is 30.5 Å². The van der Waals surface area contributed by atoms with E-state index in [4.69, 9.17) is 15.2 Å². The topological polar surface area (TPSA) is 60.6 Å². The molecular formula is C14H17N3O2. The summed E-state index contributed by atoms with van der Waals surface area (Å²) in [5, 5.41) is 1.06. The molecule has 3 rings (SSSR count). The highest BCUT2D eigenvalue weighted by molar-refractivity contribution is 5.98. The van der Waals surface area contributed by atoms with E-state index in [2.05, 4.69) is 9.88 Å². The van der Waals surface area contributed by atoms with Crippen molar-refractivity contribution in [1.29, 1.82) is 0 Å². The first-order valence-electron chi connectivity index (χ1n) is 6.17. The molecule has 5 nitrogen and oxygen atoms in total. The fraction of sp³-hybridized carbons (Fsp3) is 0.357. The van der Waals surface area contributed by atoms with Gasteiger partial charge in [0.2, 0.25) is 5.79 Å². The lowest BCUT2D eigenvalue weighted by atomic mass is 10.0. The number of nitrogen functional groups attached to an aromatic ring is 1. The first-order valence-corrected chi connectivity index (χ1v) is 6.17. The summed E-state index contributed by atoms with van der Waals surface area (Å²) in [7, 11) is 3.34. The van der Waals surface area contributed by atoms with Gasteiger partial charge in [-0.1, -0.05) is 0 Å². The van der Waals surface area contributed by atoms with Gasteiger partial charge >= 0.3 is 0 Å². The van der Waals surface area contributed by atoms with Crippen LogP contribution in [0.2, 0.25) is 0 Å². The zero-order valence-electron chi connectivity index (χ0n) is 11.1. The first-order chi connectivity index (χ1) is 9.19. The first kappa shape index (κ1) is 12.2. The van der Waals surface area contributed by atoms with Crippen LogP contribution in [-0.2, 0) is 9.47 Å². The fourth-order valence-corrected chi connectivity index (χ4v) is 2.50. The summed E-state index contributed by atoms with van der Waals surface area (Å²) >= 11 is 0. The Bertz CT molecular complexity index is 603. The molecular weight excluding hydrogens is 242 g/mol. The van der Waals surface area contributed by atoms with Gasteiger partial charge in [0.05, 0.1) is 24.3 Å². The molecule has 0 radical (unpaired) electrons. The molecule has 100 valence electrons. The van der Waals surface area contributed by atoms with E-state index in [0.29, 0.717) is 18.8 Å². The Balaban J connectivity index is 1.98. The summed E-state index contributed by atoms with van der Waals surface area (Å²) in [5.41, 5.74) is 8.61. The number of aromatic nitrogens is 1. The average Bonchev–Trinajstić information content (AvgIpc) is 2.41. The van der Waals surface area contributed by atoms with Crippen molar-refractivity contribution < 1.29 is 9.47 Å². The number of methoxy groups -OCH3 is 2. The van der Waals surface area contributed by atoms with Crippen molar-refractivity contribution in [2.45, 2.75) is 5.79 Å². The van der Waals surface area contributed by atoms with E-state index >= 15 is 0 Å². The third kappa shape index (κ3) is 1.82. The fourth-order valence-electron chi connectivity index (χ4n) is 2.50. The Morgan fingerprint density at radius 2 is 1.95 bits per heavy atom. The van der Waals surface area contributed by atoms with Crippen LogP contribution in [0, 0.1) is 0 Å². The average molecular weight is 259 g/mol. The molecule has 2 aromatic rings. The molecule has 2 N–H and O–H groups in total. The second kappa shape index (κ2) is 4.36. The lowest BCUT2D eigenvalue weighted by Gasteiger charge is -2.49. The second-order valence-electron chi connectivity index (χ2n) is 4.75.